The summed E-state index contributed by atoms with van der Waals surface area (Å²) < 4.78 is 5.58. The topological polar surface area (TPSA) is 92.4 Å². The van der Waals surface area contributed by atoms with Gasteiger partial charge in [-0.3, -0.25) is 4.79 Å². The van der Waals surface area contributed by atoms with Crippen LogP contribution in [0.5, 0.6) is 0 Å². The molecule has 0 spiro atoms. The van der Waals surface area contributed by atoms with Gasteiger partial charge in [-0.1, -0.05) is 0 Å². The fourth-order valence-electron chi connectivity index (χ4n) is 1.99. The number of carbonyl (C=O) groups is 1. The number of aromatic nitrogens is 1. The van der Waals surface area contributed by atoms with Gasteiger partial charge in [0.15, 0.2) is 11.3 Å². The van der Waals surface area contributed by atoms with Crippen LogP contribution in [0.4, 0.5) is 5.69 Å². The maximum absolute atomic E-state index is 11.7. The van der Waals surface area contributed by atoms with Crippen molar-refractivity contribution in [1.29, 1.82) is 0 Å². The minimum absolute atomic E-state index is 0.133. The van der Waals surface area contributed by atoms with E-state index in [4.69, 9.17) is 9.52 Å². The Bertz CT molecular complexity index is 854. The molecule has 0 fully saturated rings. The number of hydrogen-bond donors (Lipinski definition) is 2. The highest BCUT2D eigenvalue weighted by atomic mass is 16.4. The summed E-state index contributed by atoms with van der Waals surface area (Å²) in [6, 6.07) is 7.33. The molecule has 0 saturated heterocycles. The van der Waals surface area contributed by atoms with Gasteiger partial charge >= 0.3 is 5.97 Å². The van der Waals surface area contributed by atoms with E-state index in [0.29, 0.717) is 28.2 Å². The molecule has 0 amide bonds. The second-order valence-corrected chi connectivity index (χ2v) is 4.27. The zero-order chi connectivity index (χ0) is 14.3. The Labute approximate surface area is 113 Å². The quantitative estimate of drug-likeness (QED) is 0.692. The van der Waals surface area contributed by atoms with Crippen molar-refractivity contribution in [1.82, 2.24) is 4.98 Å². The predicted octanol–water partition coefficient (Wildman–Crippen LogP) is 2.03. The summed E-state index contributed by atoms with van der Waals surface area (Å²) in [7, 11) is 1.64. The van der Waals surface area contributed by atoms with Gasteiger partial charge in [0.2, 0.25) is 5.43 Å². The number of carboxylic acids is 1. The Balaban J connectivity index is 2.33. The highest BCUT2D eigenvalue weighted by molar-refractivity contribution is 5.92. The molecule has 1 aliphatic carbocycles. The number of benzene rings is 2. The lowest BCUT2D eigenvalue weighted by molar-refractivity contribution is 0.0697. The Hall–Kier alpha value is -2.89. The zero-order valence-electron chi connectivity index (χ0n) is 10.5. The lowest BCUT2D eigenvalue weighted by Gasteiger charge is -2.08. The molecular formula is C14H10N2O4. The van der Waals surface area contributed by atoms with Crippen molar-refractivity contribution in [2.75, 3.05) is 12.4 Å². The van der Waals surface area contributed by atoms with Crippen LogP contribution < -0.4 is 10.7 Å². The summed E-state index contributed by atoms with van der Waals surface area (Å²) in [4.78, 5) is 27.0. The van der Waals surface area contributed by atoms with Crippen LogP contribution in [-0.4, -0.2) is 23.1 Å². The van der Waals surface area contributed by atoms with Crippen LogP contribution >= 0.6 is 0 Å². The molecule has 1 heterocycles. The Morgan fingerprint density at radius 2 is 2.10 bits per heavy atom. The van der Waals surface area contributed by atoms with Gasteiger partial charge in [-0.05, 0) is 24.3 Å². The second kappa shape index (κ2) is 4.34. The number of anilines is 1. The predicted molar refractivity (Wildman–Crippen MR) is 73.4 cm³/mol. The van der Waals surface area contributed by atoms with Gasteiger partial charge in [-0.2, -0.15) is 0 Å². The number of hydrogen-bond acceptors (Lipinski definition) is 5. The van der Waals surface area contributed by atoms with E-state index in [2.05, 4.69) is 10.3 Å². The summed E-state index contributed by atoms with van der Waals surface area (Å²) in [5.41, 5.74) is 1.70. The summed E-state index contributed by atoms with van der Waals surface area (Å²) in [5, 5.41) is 11.7. The fourth-order valence-corrected chi connectivity index (χ4v) is 1.99. The minimum atomic E-state index is -1.03. The van der Waals surface area contributed by atoms with Crippen molar-refractivity contribution in [3.8, 4) is 11.5 Å². The molecule has 6 nitrogen and oxygen atoms in total. The van der Waals surface area contributed by atoms with E-state index >= 15 is 0 Å². The van der Waals surface area contributed by atoms with Crippen molar-refractivity contribution < 1.29 is 14.3 Å². The van der Waals surface area contributed by atoms with Crippen molar-refractivity contribution in [3.05, 3.63) is 46.1 Å². The molecule has 0 saturated carbocycles. The van der Waals surface area contributed by atoms with E-state index in [-0.39, 0.29) is 11.0 Å². The van der Waals surface area contributed by atoms with Crippen molar-refractivity contribution in [2.24, 2.45) is 0 Å². The van der Waals surface area contributed by atoms with Gasteiger partial charge in [-0.25, -0.2) is 9.78 Å². The van der Waals surface area contributed by atoms with E-state index in [9.17, 15) is 9.59 Å². The van der Waals surface area contributed by atoms with Crippen LogP contribution in [0.2, 0.25) is 0 Å². The first-order chi connectivity index (χ1) is 9.58. The number of aromatic carboxylic acids is 1. The lowest BCUT2D eigenvalue weighted by atomic mass is 10.1. The highest BCUT2D eigenvalue weighted by Gasteiger charge is 2.13. The van der Waals surface area contributed by atoms with E-state index in [1.807, 2.05) is 0 Å². The molecule has 1 aromatic rings. The molecule has 3 rings (SSSR count). The normalized spacial score (nSPS) is 10.8. The molecule has 2 aliphatic rings. The summed E-state index contributed by atoms with van der Waals surface area (Å²) in [6.45, 7) is 0. The smallest absolute Gasteiger partial charge is 0.335 e. The molecule has 0 unspecified atom stereocenters. The second-order valence-electron chi connectivity index (χ2n) is 4.27. The third-order valence-corrected chi connectivity index (χ3v) is 3.00. The minimum Gasteiger partial charge on any atom is -0.478 e. The average molecular weight is 270 g/mol. The zero-order valence-corrected chi connectivity index (χ0v) is 10.5. The molecule has 2 N–H and O–H groups in total. The number of rotatable bonds is 2. The molecule has 0 aromatic heterocycles. The lowest BCUT2D eigenvalue weighted by Crippen LogP contribution is -2.08. The Morgan fingerprint density at radius 3 is 2.80 bits per heavy atom. The molecule has 0 atom stereocenters. The Morgan fingerprint density at radius 1 is 1.30 bits per heavy atom. The maximum atomic E-state index is 11.7. The van der Waals surface area contributed by atoms with Crippen molar-refractivity contribution in [2.45, 2.75) is 0 Å². The molecular weight excluding hydrogens is 260 g/mol. The summed E-state index contributed by atoms with van der Waals surface area (Å²) in [5.74, 6) is -0.663. The van der Waals surface area contributed by atoms with E-state index < -0.39 is 5.97 Å². The summed E-state index contributed by atoms with van der Waals surface area (Å²) >= 11 is 0. The third kappa shape index (κ3) is 1.87. The molecule has 20 heavy (non-hydrogen) atoms. The molecule has 6 heteroatoms. The van der Waals surface area contributed by atoms with Crippen LogP contribution in [0, 0.1) is 0 Å². The first kappa shape index (κ1) is 12.2. The Kier molecular flexibility index (Phi) is 2.64. The third-order valence-electron chi connectivity index (χ3n) is 3.00. The van der Waals surface area contributed by atoms with Gasteiger partial charge < -0.3 is 14.8 Å². The van der Waals surface area contributed by atoms with Gasteiger partial charge in [0.1, 0.15) is 11.2 Å². The number of nitrogens with zero attached hydrogens (tertiary/aromatic N) is 1. The fraction of sp³-hybridized carbons (Fsp3) is 0.0714. The van der Waals surface area contributed by atoms with E-state index in [1.165, 1.54) is 24.3 Å². The standard InChI is InChI=1S/C14H10N2O4/c1-15-8-5-10-13(6-11(8)17)20-12-3-2-7(14(18)19)4-9(12)16-10/h2-6,15H,1H3,(H,18,19). The van der Waals surface area contributed by atoms with Crippen LogP contribution in [0.3, 0.4) is 0 Å². The molecule has 0 bridgehead atoms. The van der Waals surface area contributed by atoms with Gasteiger partial charge in [-0.15, -0.1) is 0 Å². The molecule has 1 aliphatic heterocycles. The number of fused-ring (bicyclic) bond motifs is 2. The molecule has 0 radical (unpaired) electrons. The van der Waals surface area contributed by atoms with Gasteiger partial charge in [0.25, 0.3) is 0 Å². The first-order valence-corrected chi connectivity index (χ1v) is 5.88. The van der Waals surface area contributed by atoms with Crippen LogP contribution in [0.15, 0.2) is 39.5 Å². The summed E-state index contributed by atoms with van der Waals surface area (Å²) in [6.07, 6.45) is 0. The van der Waals surface area contributed by atoms with Crippen molar-refractivity contribution in [3.63, 3.8) is 0 Å². The van der Waals surface area contributed by atoms with Crippen LogP contribution in [0.25, 0.3) is 22.6 Å². The number of carboxylic acid groups (broad SMARTS) is 1. The van der Waals surface area contributed by atoms with E-state index in [1.54, 1.807) is 13.1 Å². The molecule has 100 valence electrons. The SMILES string of the molecule is CNc1cc2nc3cc(C(=O)O)ccc3oc-2cc1=O. The van der Waals surface area contributed by atoms with Crippen LogP contribution in [0.1, 0.15) is 10.4 Å². The monoisotopic (exact) mass is 270 g/mol. The van der Waals surface area contributed by atoms with Crippen LogP contribution in [-0.2, 0) is 0 Å². The first-order valence-electron chi connectivity index (χ1n) is 5.88. The molecule has 1 aromatic carbocycles. The van der Waals surface area contributed by atoms with Gasteiger partial charge in [0, 0.05) is 13.1 Å². The number of nitrogens with one attached hydrogen (secondary N) is 1. The maximum Gasteiger partial charge on any atom is 0.335 e. The van der Waals surface area contributed by atoms with Crippen molar-refractivity contribution >= 4 is 22.8 Å². The average Bonchev–Trinajstić information content (AvgIpc) is 2.43. The van der Waals surface area contributed by atoms with Gasteiger partial charge in [0.05, 0.1) is 11.3 Å². The highest BCUT2D eigenvalue weighted by Crippen LogP contribution is 2.26. The van der Waals surface area contributed by atoms with E-state index in [0.717, 1.165) is 0 Å². The largest absolute Gasteiger partial charge is 0.478 e.